The third kappa shape index (κ3) is 1.85. The molecule has 1 aliphatic rings. The fourth-order valence-electron chi connectivity index (χ4n) is 1.56. The molecule has 1 fully saturated rings. The van der Waals surface area contributed by atoms with Gasteiger partial charge in [0.05, 0.1) is 5.60 Å². The van der Waals surface area contributed by atoms with E-state index < -0.39 is 5.60 Å². The van der Waals surface area contributed by atoms with Gasteiger partial charge in [-0.2, -0.15) is 11.8 Å². The van der Waals surface area contributed by atoms with Crippen molar-refractivity contribution in [3.8, 4) is 0 Å². The summed E-state index contributed by atoms with van der Waals surface area (Å²) in [5, 5.41) is 10.9. The van der Waals surface area contributed by atoms with Crippen molar-refractivity contribution in [3.05, 3.63) is 34.9 Å². The van der Waals surface area contributed by atoms with Crippen molar-refractivity contribution in [2.45, 2.75) is 12.0 Å². The molecule has 1 aromatic rings. The molecular weight excluding hydrogens is 204 g/mol. The highest BCUT2D eigenvalue weighted by molar-refractivity contribution is 7.99. The van der Waals surface area contributed by atoms with Gasteiger partial charge in [-0.15, -0.1) is 0 Å². The van der Waals surface area contributed by atoms with Gasteiger partial charge in [-0.1, -0.05) is 23.7 Å². The van der Waals surface area contributed by atoms with Gasteiger partial charge in [0.2, 0.25) is 0 Å². The molecule has 13 heavy (non-hydrogen) atoms. The zero-order valence-corrected chi connectivity index (χ0v) is 8.74. The SMILES string of the molecule is OC1(c2cccc(Cl)c2)CCSC1. The van der Waals surface area contributed by atoms with E-state index in [1.807, 2.05) is 24.3 Å². The van der Waals surface area contributed by atoms with Crippen LogP contribution in [0.5, 0.6) is 0 Å². The van der Waals surface area contributed by atoms with Crippen LogP contribution in [-0.2, 0) is 5.60 Å². The second-order valence-corrected chi connectivity index (χ2v) is 4.89. The first-order valence-corrected chi connectivity index (χ1v) is 5.80. The second-order valence-electron chi connectivity index (χ2n) is 3.34. The molecule has 1 saturated heterocycles. The Morgan fingerprint density at radius 1 is 1.46 bits per heavy atom. The number of aliphatic hydroxyl groups is 1. The highest BCUT2D eigenvalue weighted by atomic mass is 35.5. The van der Waals surface area contributed by atoms with Crippen LogP contribution >= 0.6 is 23.4 Å². The molecule has 70 valence electrons. The van der Waals surface area contributed by atoms with Crippen LogP contribution in [0, 0.1) is 0 Å². The maximum absolute atomic E-state index is 10.2. The zero-order chi connectivity index (χ0) is 9.31. The van der Waals surface area contributed by atoms with Gasteiger partial charge in [0.1, 0.15) is 0 Å². The van der Waals surface area contributed by atoms with E-state index in [2.05, 4.69) is 0 Å². The van der Waals surface area contributed by atoms with Crippen molar-refractivity contribution in [3.63, 3.8) is 0 Å². The predicted octanol–water partition coefficient (Wildman–Crippen LogP) is 2.66. The Balaban J connectivity index is 2.33. The smallest absolute Gasteiger partial charge is 0.0994 e. The first-order chi connectivity index (χ1) is 6.21. The van der Waals surface area contributed by atoms with Crippen LogP contribution in [0.4, 0.5) is 0 Å². The van der Waals surface area contributed by atoms with Gasteiger partial charge in [0.25, 0.3) is 0 Å². The summed E-state index contributed by atoms with van der Waals surface area (Å²) in [4.78, 5) is 0. The number of hydrogen-bond acceptors (Lipinski definition) is 2. The summed E-state index contributed by atoms with van der Waals surface area (Å²) in [5.41, 5.74) is 0.306. The molecule has 0 aliphatic carbocycles. The Bertz CT molecular complexity index is 308. The quantitative estimate of drug-likeness (QED) is 0.776. The average Bonchev–Trinajstić information content (AvgIpc) is 2.54. The van der Waals surface area contributed by atoms with Crippen molar-refractivity contribution in [1.29, 1.82) is 0 Å². The molecule has 0 saturated carbocycles. The van der Waals surface area contributed by atoms with Gasteiger partial charge in [0, 0.05) is 10.8 Å². The number of rotatable bonds is 1. The lowest BCUT2D eigenvalue weighted by atomic mass is 9.94. The van der Waals surface area contributed by atoms with E-state index in [1.165, 1.54) is 0 Å². The van der Waals surface area contributed by atoms with E-state index in [1.54, 1.807) is 11.8 Å². The molecule has 0 radical (unpaired) electrons. The summed E-state index contributed by atoms with van der Waals surface area (Å²) in [6, 6.07) is 7.51. The lowest BCUT2D eigenvalue weighted by Crippen LogP contribution is -2.24. The summed E-state index contributed by atoms with van der Waals surface area (Å²) in [7, 11) is 0. The fraction of sp³-hybridized carbons (Fsp3) is 0.400. The van der Waals surface area contributed by atoms with Crippen LogP contribution in [0.1, 0.15) is 12.0 Å². The minimum Gasteiger partial charge on any atom is -0.384 e. The molecule has 1 N–H and O–H groups in total. The average molecular weight is 215 g/mol. The predicted molar refractivity (Wildman–Crippen MR) is 57.3 cm³/mol. The maximum atomic E-state index is 10.2. The van der Waals surface area contributed by atoms with Gasteiger partial charge in [-0.05, 0) is 29.9 Å². The van der Waals surface area contributed by atoms with Crippen LogP contribution in [0.3, 0.4) is 0 Å². The molecule has 1 unspecified atom stereocenters. The highest BCUT2D eigenvalue weighted by Gasteiger charge is 2.33. The standard InChI is InChI=1S/C10H11ClOS/c11-9-3-1-2-8(6-9)10(12)4-5-13-7-10/h1-3,6,12H,4-5,7H2. The number of halogens is 1. The minimum atomic E-state index is -0.643. The van der Waals surface area contributed by atoms with E-state index >= 15 is 0 Å². The lowest BCUT2D eigenvalue weighted by molar-refractivity contribution is 0.0658. The van der Waals surface area contributed by atoms with Crippen molar-refractivity contribution >= 4 is 23.4 Å². The third-order valence-electron chi connectivity index (χ3n) is 2.36. The zero-order valence-electron chi connectivity index (χ0n) is 7.16. The maximum Gasteiger partial charge on any atom is 0.0994 e. The molecule has 3 heteroatoms. The van der Waals surface area contributed by atoms with Gasteiger partial charge in [0.15, 0.2) is 0 Å². The van der Waals surface area contributed by atoms with Crippen molar-refractivity contribution in [2.75, 3.05) is 11.5 Å². The second kappa shape index (κ2) is 3.52. The monoisotopic (exact) mass is 214 g/mol. The normalized spacial score (nSPS) is 27.8. The van der Waals surface area contributed by atoms with E-state index in [9.17, 15) is 5.11 Å². The third-order valence-corrected chi connectivity index (χ3v) is 3.77. The van der Waals surface area contributed by atoms with Gasteiger partial charge >= 0.3 is 0 Å². The van der Waals surface area contributed by atoms with Crippen LogP contribution in [0.2, 0.25) is 5.02 Å². The van der Waals surface area contributed by atoms with Gasteiger partial charge < -0.3 is 5.11 Å². The van der Waals surface area contributed by atoms with Crippen LogP contribution in [-0.4, -0.2) is 16.6 Å². The van der Waals surface area contributed by atoms with Crippen molar-refractivity contribution < 1.29 is 5.11 Å². The number of thioether (sulfide) groups is 1. The molecule has 2 rings (SSSR count). The summed E-state index contributed by atoms with van der Waals surface area (Å²) in [6.45, 7) is 0. The van der Waals surface area contributed by atoms with Crippen LogP contribution in [0.25, 0.3) is 0 Å². The fourth-order valence-corrected chi connectivity index (χ4v) is 3.03. The topological polar surface area (TPSA) is 20.2 Å². The van der Waals surface area contributed by atoms with E-state index in [0.717, 1.165) is 23.5 Å². The number of benzene rings is 1. The molecule has 1 aliphatic heterocycles. The van der Waals surface area contributed by atoms with E-state index in [0.29, 0.717) is 5.02 Å². The van der Waals surface area contributed by atoms with Crippen LogP contribution < -0.4 is 0 Å². The number of hydrogen-bond donors (Lipinski definition) is 1. The van der Waals surface area contributed by atoms with Crippen molar-refractivity contribution in [2.24, 2.45) is 0 Å². The Morgan fingerprint density at radius 2 is 2.31 bits per heavy atom. The molecule has 0 aromatic heterocycles. The first-order valence-electron chi connectivity index (χ1n) is 4.27. The molecule has 1 atom stereocenters. The first kappa shape index (κ1) is 9.38. The molecule has 1 heterocycles. The molecular formula is C10H11ClOS. The summed E-state index contributed by atoms with van der Waals surface area (Å²) in [5.74, 6) is 1.82. The van der Waals surface area contributed by atoms with Gasteiger partial charge in [-0.25, -0.2) is 0 Å². The van der Waals surface area contributed by atoms with E-state index in [-0.39, 0.29) is 0 Å². The van der Waals surface area contributed by atoms with Crippen molar-refractivity contribution in [1.82, 2.24) is 0 Å². The van der Waals surface area contributed by atoms with Crippen LogP contribution in [0.15, 0.2) is 24.3 Å². The van der Waals surface area contributed by atoms with Gasteiger partial charge in [-0.3, -0.25) is 0 Å². The Kier molecular flexibility index (Phi) is 2.54. The summed E-state index contributed by atoms with van der Waals surface area (Å²) >= 11 is 7.66. The Morgan fingerprint density at radius 3 is 2.92 bits per heavy atom. The molecule has 0 bridgehead atoms. The molecule has 1 nitrogen and oxygen atoms in total. The van der Waals surface area contributed by atoms with E-state index in [4.69, 9.17) is 11.6 Å². The molecule has 0 spiro atoms. The lowest BCUT2D eigenvalue weighted by Gasteiger charge is -2.21. The molecule has 1 aromatic carbocycles. The Hall–Kier alpha value is -0.180. The summed E-state index contributed by atoms with van der Waals surface area (Å²) in [6.07, 6.45) is 0.831. The Labute approximate surface area is 87.1 Å². The minimum absolute atomic E-state index is 0.643. The largest absolute Gasteiger partial charge is 0.384 e. The molecule has 0 amide bonds. The summed E-state index contributed by atoms with van der Waals surface area (Å²) < 4.78 is 0. The highest BCUT2D eigenvalue weighted by Crippen LogP contribution is 2.37.